The van der Waals surface area contributed by atoms with Crippen molar-refractivity contribution < 1.29 is 23.5 Å². The Bertz CT molecular complexity index is 1150. The number of alkyl carbamates (subject to hydrolysis) is 1. The average molecular weight is 437 g/mol. The van der Waals surface area contributed by atoms with Crippen molar-refractivity contribution in [3.8, 4) is 5.75 Å². The molecule has 1 heterocycles. The predicted molar refractivity (Wildman–Crippen MR) is 121 cm³/mol. The lowest BCUT2D eigenvalue weighted by Gasteiger charge is -2.18. The molecule has 1 aromatic heterocycles. The number of unbranched alkanes of at least 4 members (excludes halogenated alkanes) is 1. The van der Waals surface area contributed by atoms with Gasteiger partial charge in [0.2, 0.25) is 0 Å². The van der Waals surface area contributed by atoms with Crippen molar-refractivity contribution in [2.24, 2.45) is 0 Å². The first kappa shape index (κ1) is 23.1. The number of amides is 1. The molecule has 0 aliphatic rings. The van der Waals surface area contributed by atoms with E-state index in [0.29, 0.717) is 17.6 Å². The van der Waals surface area contributed by atoms with Gasteiger partial charge in [-0.2, -0.15) is 0 Å². The Morgan fingerprint density at radius 1 is 1.09 bits per heavy atom. The highest BCUT2D eigenvalue weighted by molar-refractivity contribution is 5.87. The maximum absolute atomic E-state index is 12.9. The van der Waals surface area contributed by atoms with E-state index in [9.17, 15) is 14.4 Å². The number of hydrogen-bond acceptors (Lipinski definition) is 6. The summed E-state index contributed by atoms with van der Waals surface area (Å²) in [5.74, 6) is -0.329. The Balaban J connectivity index is 1.72. The van der Waals surface area contributed by atoms with Crippen LogP contribution < -0.4 is 15.7 Å². The highest BCUT2D eigenvalue weighted by atomic mass is 16.6. The van der Waals surface area contributed by atoms with Crippen LogP contribution in [-0.4, -0.2) is 18.1 Å². The highest BCUT2D eigenvalue weighted by Crippen LogP contribution is 2.28. The zero-order valence-corrected chi connectivity index (χ0v) is 18.5. The molecule has 0 unspecified atom stereocenters. The van der Waals surface area contributed by atoms with Crippen LogP contribution in [0.1, 0.15) is 42.9 Å². The van der Waals surface area contributed by atoms with Gasteiger partial charge in [0.15, 0.2) is 0 Å². The van der Waals surface area contributed by atoms with E-state index in [-0.39, 0.29) is 12.4 Å². The Morgan fingerprint density at radius 3 is 2.56 bits per heavy atom. The zero-order valence-electron chi connectivity index (χ0n) is 18.5. The molecule has 0 saturated carbocycles. The Labute approximate surface area is 186 Å². The number of benzene rings is 2. The van der Waals surface area contributed by atoms with Crippen molar-refractivity contribution in [3.63, 3.8) is 0 Å². The molecular formula is C25H27NO6. The minimum Gasteiger partial charge on any atom is -0.445 e. The second-order valence-corrected chi connectivity index (χ2v) is 7.64. The van der Waals surface area contributed by atoms with Crippen molar-refractivity contribution in [1.29, 1.82) is 0 Å². The number of carbonyl (C=O) groups is 2. The van der Waals surface area contributed by atoms with Gasteiger partial charge in [0.25, 0.3) is 0 Å². The zero-order chi connectivity index (χ0) is 23.1. The number of rotatable bonds is 8. The van der Waals surface area contributed by atoms with Gasteiger partial charge < -0.3 is 19.2 Å². The fourth-order valence-corrected chi connectivity index (χ4v) is 3.35. The molecule has 1 amide bonds. The summed E-state index contributed by atoms with van der Waals surface area (Å²) in [7, 11) is 0. The molecule has 1 atom stereocenters. The molecule has 168 valence electrons. The topological polar surface area (TPSA) is 94.8 Å². The van der Waals surface area contributed by atoms with E-state index in [1.54, 1.807) is 19.1 Å². The molecule has 2 aromatic carbocycles. The summed E-state index contributed by atoms with van der Waals surface area (Å²) in [5.41, 5.74) is 2.07. The van der Waals surface area contributed by atoms with Crippen LogP contribution in [0.4, 0.5) is 4.79 Å². The highest BCUT2D eigenvalue weighted by Gasteiger charge is 2.24. The second-order valence-electron chi connectivity index (χ2n) is 7.64. The summed E-state index contributed by atoms with van der Waals surface area (Å²) in [6, 6.07) is 13.2. The van der Waals surface area contributed by atoms with Crippen LogP contribution in [0.25, 0.3) is 11.0 Å². The van der Waals surface area contributed by atoms with E-state index in [2.05, 4.69) is 5.32 Å². The van der Waals surface area contributed by atoms with E-state index in [1.807, 2.05) is 44.2 Å². The normalized spacial score (nSPS) is 11.7. The first-order valence-corrected chi connectivity index (χ1v) is 10.6. The summed E-state index contributed by atoms with van der Waals surface area (Å²) in [6.07, 6.45) is 1.30. The largest absolute Gasteiger partial charge is 0.445 e. The van der Waals surface area contributed by atoms with Crippen LogP contribution in [0.15, 0.2) is 57.7 Å². The monoisotopic (exact) mass is 437 g/mol. The van der Waals surface area contributed by atoms with Gasteiger partial charge >= 0.3 is 17.7 Å². The van der Waals surface area contributed by atoms with Gasteiger partial charge in [-0.05, 0) is 43.5 Å². The number of aryl methyl sites for hydroxylation is 2. The molecule has 32 heavy (non-hydrogen) atoms. The number of esters is 1. The molecule has 3 rings (SSSR count). The van der Waals surface area contributed by atoms with E-state index in [4.69, 9.17) is 13.9 Å². The van der Waals surface area contributed by atoms with Crippen LogP contribution in [0.5, 0.6) is 5.75 Å². The molecule has 0 saturated heterocycles. The standard InChI is InChI=1S/C25H27NO6/c1-4-5-11-20(26-25(29)30-15-18-9-7-6-8-10-18)24(28)31-21-13-12-19-16(2)14-22(27)32-23(19)17(21)3/h6-10,12-14,20H,4-5,11,15H2,1-3H3,(H,26,29)/t20-/m1/s1. The summed E-state index contributed by atoms with van der Waals surface area (Å²) in [5, 5.41) is 3.38. The molecular weight excluding hydrogens is 410 g/mol. The molecule has 0 radical (unpaired) electrons. The molecule has 7 nitrogen and oxygen atoms in total. The van der Waals surface area contributed by atoms with Crippen molar-refractivity contribution in [2.75, 3.05) is 0 Å². The average Bonchev–Trinajstić information content (AvgIpc) is 2.78. The first-order chi connectivity index (χ1) is 15.4. The van der Waals surface area contributed by atoms with Crippen molar-refractivity contribution in [2.45, 2.75) is 52.7 Å². The van der Waals surface area contributed by atoms with Crippen molar-refractivity contribution in [3.05, 3.63) is 75.6 Å². The first-order valence-electron chi connectivity index (χ1n) is 10.6. The minimum absolute atomic E-state index is 0.102. The van der Waals surface area contributed by atoms with Crippen LogP contribution in [0.3, 0.4) is 0 Å². The third-order valence-electron chi connectivity index (χ3n) is 5.16. The summed E-state index contributed by atoms with van der Waals surface area (Å²) >= 11 is 0. The lowest BCUT2D eigenvalue weighted by Crippen LogP contribution is -2.43. The fourth-order valence-electron chi connectivity index (χ4n) is 3.35. The summed E-state index contributed by atoms with van der Waals surface area (Å²) in [6.45, 7) is 5.63. The fraction of sp³-hybridized carbons (Fsp3) is 0.320. The summed E-state index contributed by atoms with van der Waals surface area (Å²) < 4.78 is 16.1. The number of nitrogens with one attached hydrogen (secondary N) is 1. The van der Waals surface area contributed by atoms with E-state index >= 15 is 0 Å². The molecule has 0 aliphatic heterocycles. The van der Waals surface area contributed by atoms with Crippen LogP contribution in [0, 0.1) is 13.8 Å². The molecule has 0 spiro atoms. The van der Waals surface area contributed by atoms with E-state index < -0.39 is 23.7 Å². The molecule has 0 aliphatic carbocycles. The summed E-state index contributed by atoms with van der Waals surface area (Å²) in [4.78, 5) is 36.9. The molecule has 7 heteroatoms. The van der Waals surface area contributed by atoms with E-state index in [0.717, 1.165) is 29.4 Å². The van der Waals surface area contributed by atoms with Gasteiger partial charge in [-0.25, -0.2) is 14.4 Å². The lowest BCUT2D eigenvalue weighted by atomic mass is 10.1. The van der Waals surface area contributed by atoms with Gasteiger partial charge in [0.1, 0.15) is 24.0 Å². The number of ether oxygens (including phenoxy) is 2. The molecule has 0 bridgehead atoms. The third kappa shape index (κ3) is 5.75. The number of hydrogen-bond donors (Lipinski definition) is 1. The smallest absolute Gasteiger partial charge is 0.408 e. The van der Waals surface area contributed by atoms with Gasteiger partial charge in [0, 0.05) is 17.0 Å². The number of carbonyl (C=O) groups excluding carboxylic acids is 2. The second kappa shape index (κ2) is 10.6. The van der Waals surface area contributed by atoms with Gasteiger partial charge in [-0.3, -0.25) is 0 Å². The molecule has 0 fully saturated rings. The molecule has 3 aromatic rings. The van der Waals surface area contributed by atoms with Crippen LogP contribution in [-0.2, 0) is 16.1 Å². The van der Waals surface area contributed by atoms with Crippen LogP contribution >= 0.6 is 0 Å². The maximum atomic E-state index is 12.9. The Morgan fingerprint density at radius 2 is 1.84 bits per heavy atom. The quantitative estimate of drug-likeness (QED) is 0.309. The number of fused-ring (bicyclic) bond motifs is 1. The van der Waals surface area contributed by atoms with E-state index in [1.165, 1.54) is 6.07 Å². The third-order valence-corrected chi connectivity index (χ3v) is 5.16. The predicted octanol–water partition coefficient (Wildman–Crippen LogP) is 4.80. The SMILES string of the molecule is CCCC[C@@H](NC(=O)OCc1ccccc1)C(=O)Oc1ccc2c(C)cc(=O)oc2c1C. The van der Waals surface area contributed by atoms with Gasteiger partial charge in [-0.15, -0.1) is 0 Å². The molecule has 1 N–H and O–H groups in total. The van der Waals surface area contributed by atoms with Crippen LogP contribution in [0.2, 0.25) is 0 Å². The van der Waals surface area contributed by atoms with Gasteiger partial charge in [0.05, 0.1) is 0 Å². The van der Waals surface area contributed by atoms with Crippen molar-refractivity contribution >= 4 is 23.0 Å². The maximum Gasteiger partial charge on any atom is 0.408 e. The Hall–Kier alpha value is -3.61. The lowest BCUT2D eigenvalue weighted by molar-refractivity contribution is -0.136. The Kier molecular flexibility index (Phi) is 7.65. The van der Waals surface area contributed by atoms with Gasteiger partial charge in [-0.1, -0.05) is 50.1 Å². The minimum atomic E-state index is -0.863. The van der Waals surface area contributed by atoms with Crippen molar-refractivity contribution in [1.82, 2.24) is 5.32 Å².